The molecule has 1 aliphatic heterocycles. The van der Waals surface area contributed by atoms with Gasteiger partial charge in [0.1, 0.15) is 5.75 Å². The lowest BCUT2D eigenvalue weighted by Crippen LogP contribution is -2.40. The largest absolute Gasteiger partial charge is 0.483 e. The van der Waals surface area contributed by atoms with E-state index in [1.165, 1.54) is 4.90 Å². The zero-order valence-corrected chi connectivity index (χ0v) is 14.4. The first kappa shape index (κ1) is 16.8. The van der Waals surface area contributed by atoms with Gasteiger partial charge >= 0.3 is 0 Å². The first-order chi connectivity index (χ1) is 10.2. The highest BCUT2D eigenvalue weighted by Gasteiger charge is 2.32. The van der Waals surface area contributed by atoms with Gasteiger partial charge in [-0.1, -0.05) is 12.1 Å². The van der Waals surface area contributed by atoms with E-state index in [1.54, 1.807) is 7.05 Å². The predicted octanol–water partition coefficient (Wildman–Crippen LogP) is 1.64. The summed E-state index contributed by atoms with van der Waals surface area (Å²) in [5.41, 5.74) is 3.13. The summed E-state index contributed by atoms with van der Waals surface area (Å²) in [5.74, 6) is 0.757. The summed E-state index contributed by atoms with van der Waals surface area (Å²) in [6.07, 6.45) is 0.507. The topological polar surface area (TPSA) is 63.7 Å². The molecule has 1 aromatic carbocycles. The fraction of sp³-hybridized carbons (Fsp3) is 0.562. The van der Waals surface area contributed by atoms with E-state index in [-0.39, 0.29) is 30.1 Å². The van der Waals surface area contributed by atoms with Gasteiger partial charge in [0.15, 0.2) is 16.4 Å². The van der Waals surface area contributed by atoms with Crippen LogP contribution in [0.4, 0.5) is 0 Å². The van der Waals surface area contributed by atoms with Crippen molar-refractivity contribution in [1.29, 1.82) is 0 Å². The first-order valence-electron chi connectivity index (χ1n) is 7.37. The third-order valence-corrected chi connectivity index (χ3v) is 6.11. The molecular formula is C16H23NO4S. The summed E-state index contributed by atoms with van der Waals surface area (Å²) < 4.78 is 28.7. The minimum absolute atomic E-state index is 0.0533. The number of benzene rings is 1. The maximum Gasteiger partial charge on any atom is 0.260 e. The van der Waals surface area contributed by atoms with Crippen LogP contribution in [0.3, 0.4) is 0 Å². The van der Waals surface area contributed by atoms with Crippen LogP contribution < -0.4 is 4.74 Å². The average molecular weight is 325 g/mol. The molecule has 1 atom stereocenters. The highest BCUT2D eigenvalue weighted by Crippen LogP contribution is 2.26. The number of likely N-dealkylation sites (N-methyl/N-ethyl adjacent to an activating group) is 1. The molecule has 0 spiro atoms. The average Bonchev–Trinajstić information content (AvgIpc) is 2.82. The molecule has 2 rings (SSSR count). The Hall–Kier alpha value is -1.56. The number of rotatable bonds is 4. The smallest absolute Gasteiger partial charge is 0.260 e. The van der Waals surface area contributed by atoms with Gasteiger partial charge in [-0.3, -0.25) is 4.79 Å². The molecule has 0 aliphatic carbocycles. The third-order valence-electron chi connectivity index (χ3n) is 4.36. The molecule has 1 amide bonds. The standard InChI is InChI=1S/C16H23NO4S/c1-11-5-6-12(2)16(13(11)3)21-9-15(18)17(4)14-7-8-22(19,20)10-14/h5-6,14H,7-10H2,1-4H3. The zero-order valence-electron chi connectivity index (χ0n) is 13.5. The predicted molar refractivity (Wildman–Crippen MR) is 86.0 cm³/mol. The van der Waals surface area contributed by atoms with Crippen LogP contribution in [0.1, 0.15) is 23.1 Å². The normalized spacial score (nSPS) is 19.9. The quantitative estimate of drug-likeness (QED) is 0.844. The summed E-state index contributed by atoms with van der Waals surface area (Å²) in [6.45, 7) is 5.84. The Morgan fingerprint density at radius 1 is 1.27 bits per heavy atom. The number of nitrogens with zero attached hydrogens (tertiary/aromatic N) is 1. The van der Waals surface area contributed by atoms with Gasteiger partial charge in [-0.15, -0.1) is 0 Å². The van der Waals surface area contributed by atoms with Crippen molar-refractivity contribution in [2.45, 2.75) is 33.2 Å². The SMILES string of the molecule is Cc1ccc(C)c(OCC(=O)N(C)C2CCS(=O)(=O)C2)c1C. The Kier molecular flexibility index (Phi) is 4.80. The second-order valence-electron chi connectivity index (χ2n) is 6.00. The Morgan fingerprint density at radius 2 is 1.91 bits per heavy atom. The number of ether oxygens (including phenoxy) is 1. The Bertz CT molecular complexity index is 682. The summed E-state index contributed by atoms with van der Waals surface area (Å²) in [5, 5.41) is 0. The third kappa shape index (κ3) is 3.61. The molecule has 1 heterocycles. The number of hydrogen-bond acceptors (Lipinski definition) is 4. The number of carbonyl (C=O) groups excluding carboxylic acids is 1. The minimum Gasteiger partial charge on any atom is -0.483 e. The molecule has 1 saturated heterocycles. The van der Waals surface area contributed by atoms with Crippen LogP contribution in [0.15, 0.2) is 12.1 Å². The molecule has 0 aromatic heterocycles. The Labute approximate surface area is 132 Å². The van der Waals surface area contributed by atoms with E-state index in [0.29, 0.717) is 6.42 Å². The van der Waals surface area contributed by atoms with Crippen LogP contribution in [-0.4, -0.2) is 50.4 Å². The monoisotopic (exact) mass is 325 g/mol. The lowest BCUT2D eigenvalue weighted by molar-refractivity contribution is -0.133. The molecule has 0 bridgehead atoms. The van der Waals surface area contributed by atoms with E-state index in [0.717, 1.165) is 22.4 Å². The molecule has 1 unspecified atom stereocenters. The second-order valence-corrected chi connectivity index (χ2v) is 8.23. The van der Waals surface area contributed by atoms with Crippen LogP contribution in [-0.2, 0) is 14.6 Å². The van der Waals surface area contributed by atoms with Crippen molar-refractivity contribution in [3.8, 4) is 5.75 Å². The molecular weight excluding hydrogens is 302 g/mol. The van der Waals surface area contributed by atoms with Crippen LogP contribution in [0.2, 0.25) is 0 Å². The van der Waals surface area contributed by atoms with Crippen LogP contribution in [0.5, 0.6) is 5.75 Å². The van der Waals surface area contributed by atoms with Crippen molar-refractivity contribution in [2.75, 3.05) is 25.2 Å². The number of hydrogen-bond donors (Lipinski definition) is 0. The van der Waals surface area contributed by atoms with Gasteiger partial charge in [0.25, 0.3) is 5.91 Å². The maximum absolute atomic E-state index is 12.2. The molecule has 22 heavy (non-hydrogen) atoms. The summed E-state index contributed by atoms with van der Waals surface area (Å²) >= 11 is 0. The summed E-state index contributed by atoms with van der Waals surface area (Å²) in [4.78, 5) is 13.7. The fourth-order valence-corrected chi connectivity index (χ4v) is 4.44. The van der Waals surface area contributed by atoms with E-state index in [4.69, 9.17) is 4.74 Å². The molecule has 0 N–H and O–H groups in total. The minimum atomic E-state index is -2.99. The van der Waals surface area contributed by atoms with E-state index in [2.05, 4.69) is 0 Å². The van der Waals surface area contributed by atoms with Crippen molar-refractivity contribution in [3.63, 3.8) is 0 Å². The highest BCUT2D eigenvalue weighted by molar-refractivity contribution is 7.91. The lowest BCUT2D eigenvalue weighted by Gasteiger charge is -2.24. The molecule has 1 aliphatic rings. The van der Waals surface area contributed by atoms with Crippen molar-refractivity contribution in [2.24, 2.45) is 0 Å². The number of amides is 1. The van der Waals surface area contributed by atoms with Gasteiger partial charge in [0.2, 0.25) is 0 Å². The molecule has 6 heteroatoms. The van der Waals surface area contributed by atoms with E-state index < -0.39 is 9.84 Å². The van der Waals surface area contributed by atoms with Gasteiger partial charge < -0.3 is 9.64 Å². The van der Waals surface area contributed by atoms with Gasteiger partial charge in [-0.25, -0.2) is 8.42 Å². The van der Waals surface area contributed by atoms with E-state index >= 15 is 0 Å². The molecule has 0 saturated carbocycles. The molecule has 1 fully saturated rings. The molecule has 5 nitrogen and oxygen atoms in total. The molecule has 122 valence electrons. The van der Waals surface area contributed by atoms with Gasteiger partial charge in [-0.05, 0) is 43.9 Å². The van der Waals surface area contributed by atoms with Crippen molar-refractivity contribution in [1.82, 2.24) is 4.90 Å². The summed E-state index contributed by atoms with van der Waals surface area (Å²) in [6, 6.07) is 3.75. The Balaban J connectivity index is 2.00. The van der Waals surface area contributed by atoms with Crippen molar-refractivity contribution in [3.05, 3.63) is 28.8 Å². The zero-order chi connectivity index (χ0) is 16.5. The van der Waals surface area contributed by atoms with Gasteiger partial charge in [-0.2, -0.15) is 0 Å². The number of carbonyl (C=O) groups is 1. The first-order valence-corrected chi connectivity index (χ1v) is 9.19. The number of aryl methyl sites for hydroxylation is 2. The van der Waals surface area contributed by atoms with Gasteiger partial charge in [0, 0.05) is 13.1 Å². The van der Waals surface area contributed by atoms with Crippen molar-refractivity contribution >= 4 is 15.7 Å². The lowest BCUT2D eigenvalue weighted by atomic mass is 10.1. The van der Waals surface area contributed by atoms with Crippen molar-refractivity contribution < 1.29 is 17.9 Å². The second kappa shape index (κ2) is 6.28. The van der Waals surface area contributed by atoms with E-state index in [9.17, 15) is 13.2 Å². The van der Waals surface area contributed by atoms with Gasteiger partial charge in [0.05, 0.1) is 11.5 Å². The number of sulfone groups is 1. The van der Waals surface area contributed by atoms with E-state index in [1.807, 2.05) is 32.9 Å². The highest BCUT2D eigenvalue weighted by atomic mass is 32.2. The summed E-state index contributed by atoms with van der Waals surface area (Å²) in [7, 11) is -1.35. The molecule has 0 radical (unpaired) electrons. The molecule has 1 aromatic rings. The maximum atomic E-state index is 12.2. The fourth-order valence-electron chi connectivity index (χ4n) is 2.67. The Morgan fingerprint density at radius 3 is 2.50 bits per heavy atom. The van der Waals surface area contributed by atoms with Crippen LogP contribution in [0, 0.1) is 20.8 Å². The van der Waals surface area contributed by atoms with Crippen LogP contribution >= 0.6 is 0 Å². The van der Waals surface area contributed by atoms with Crippen LogP contribution in [0.25, 0.3) is 0 Å².